The molecule has 1 saturated heterocycles. The van der Waals surface area contributed by atoms with E-state index in [9.17, 15) is 4.79 Å². The molecule has 18 heavy (non-hydrogen) atoms. The number of carbonyl (C=O) groups excluding carboxylic acids is 1. The highest BCUT2D eigenvalue weighted by molar-refractivity contribution is 5.91. The van der Waals surface area contributed by atoms with Crippen LogP contribution in [0.15, 0.2) is 35.4 Å². The first-order chi connectivity index (χ1) is 8.60. The summed E-state index contributed by atoms with van der Waals surface area (Å²) in [6.07, 6.45) is 0. The normalized spacial score (nSPS) is 33.9. The third kappa shape index (κ3) is 1.54. The van der Waals surface area contributed by atoms with Gasteiger partial charge in [0.05, 0.1) is 12.0 Å². The van der Waals surface area contributed by atoms with E-state index >= 15 is 0 Å². The summed E-state index contributed by atoms with van der Waals surface area (Å²) in [4.78, 5) is 11.8. The fourth-order valence-electron chi connectivity index (χ4n) is 2.87. The number of hydrogen-bond acceptors (Lipinski definition) is 3. The quantitative estimate of drug-likeness (QED) is 0.698. The van der Waals surface area contributed by atoms with Crippen LogP contribution in [0.1, 0.15) is 25.5 Å². The summed E-state index contributed by atoms with van der Waals surface area (Å²) in [5, 5.41) is 10.2. The first-order valence-electron chi connectivity index (χ1n) is 6.05. The minimum atomic E-state index is -0.507. The van der Waals surface area contributed by atoms with E-state index in [2.05, 4.69) is 21.2 Å². The standard InChI is InChI=1S/C13H16N4O/c1-8-10-11(9-6-4-3-5-7-9)14-12(18)15-13(10,2)17-16-8/h3-7,10-11,17H,1-2H3,(H2,14,15,18). The first-order valence-corrected chi connectivity index (χ1v) is 6.05. The van der Waals surface area contributed by atoms with Crippen molar-refractivity contribution in [3.63, 3.8) is 0 Å². The summed E-state index contributed by atoms with van der Waals surface area (Å²) >= 11 is 0. The van der Waals surface area contributed by atoms with Crippen molar-refractivity contribution in [3.8, 4) is 0 Å². The largest absolute Gasteiger partial charge is 0.330 e. The van der Waals surface area contributed by atoms with Crippen LogP contribution in [0.2, 0.25) is 0 Å². The van der Waals surface area contributed by atoms with Crippen LogP contribution in [0.5, 0.6) is 0 Å². The predicted molar refractivity (Wildman–Crippen MR) is 69.0 cm³/mol. The molecule has 3 rings (SSSR count). The number of fused-ring (bicyclic) bond motifs is 1. The molecule has 2 aliphatic heterocycles. The summed E-state index contributed by atoms with van der Waals surface area (Å²) < 4.78 is 0. The molecule has 0 aromatic heterocycles. The Hall–Kier alpha value is -2.04. The molecule has 3 atom stereocenters. The van der Waals surface area contributed by atoms with Gasteiger partial charge in [0.15, 0.2) is 0 Å². The minimum Gasteiger partial charge on any atom is -0.330 e. The zero-order valence-corrected chi connectivity index (χ0v) is 10.4. The van der Waals surface area contributed by atoms with Crippen LogP contribution >= 0.6 is 0 Å². The van der Waals surface area contributed by atoms with Gasteiger partial charge >= 0.3 is 6.03 Å². The Bertz CT molecular complexity index is 513. The third-order valence-electron chi connectivity index (χ3n) is 3.69. The van der Waals surface area contributed by atoms with E-state index in [0.29, 0.717) is 0 Å². The summed E-state index contributed by atoms with van der Waals surface area (Å²) in [7, 11) is 0. The Balaban J connectivity index is 2.02. The monoisotopic (exact) mass is 244 g/mol. The number of rotatable bonds is 1. The number of urea groups is 1. The van der Waals surface area contributed by atoms with Crippen LogP contribution in [-0.2, 0) is 0 Å². The highest BCUT2D eigenvalue weighted by Gasteiger charge is 2.50. The van der Waals surface area contributed by atoms with Crippen molar-refractivity contribution in [2.24, 2.45) is 11.0 Å². The Morgan fingerprint density at radius 3 is 2.72 bits per heavy atom. The van der Waals surface area contributed by atoms with Crippen LogP contribution in [-0.4, -0.2) is 17.4 Å². The lowest BCUT2D eigenvalue weighted by Gasteiger charge is -2.42. The number of carbonyl (C=O) groups is 1. The third-order valence-corrected chi connectivity index (χ3v) is 3.69. The highest BCUT2D eigenvalue weighted by atomic mass is 16.2. The summed E-state index contributed by atoms with van der Waals surface area (Å²) in [6, 6.07) is 9.78. The molecule has 2 amide bonds. The second kappa shape index (κ2) is 3.73. The van der Waals surface area contributed by atoms with Gasteiger partial charge in [-0.1, -0.05) is 30.3 Å². The summed E-state index contributed by atoms with van der Waals surface area (Å²) in [6.45, 7) is 3.95. The molecule has 0 saturated carbocycles. The van der Waals surface area contributed by atoms with Crippen molar-refractivity contribution in [3.05, 3.63) is 35.9 Å². The Morgan fingerprint density at radius 1 is 1.28 bits per heavy atom. The molecular weight excluding hydrogens is 228 g/mol. The van der Waals surface area contributed by atoms with Gasteiger partial charge in [0.1, 0.15) is 5.66 Å². The van der Waals surface area contributed by atoms with Gasteiger partial charge in [0.25, 0.3) is 0 Å². The average Bonchev–Trinajstić information content (AvgIpc) is 2.65. The molecule has 94 valence electrons. The van der Waals surface area contributed by atoms with Crippen molar-refractivity contribution in [2.75, 3.05) is 0 Å². The lowest BCUT2D eigenvalue weighted by Crippen LogP contribution is -2.67. The van der Waals surface area contributed by atoms with E-state index in [1.165, 1.54) is 0 Å². The molecule has 5 heteroatoms. The first kappa shape index (κ1) is 11.1. The van der Waals surface area contributed by atoms with Crippen molar-refractivity contribution in [2.45, 2.75) is 25.6 Å². The van der Waals surface area contributed by atoms with Crippen molar-refractivity contribution in [1.82, 2.24) is 16.1 Å². The van der Waals surface area contributed by atoms with Crippen molar-refractivity contribution in [1.29, 1.82) is 0 Å². The Labute approximate surface area is 106 Å². The molecule has 3 unspecified atom stereocenters. The van der Waals surface area contributed by atoms with Gasteiger partial charge in [0.2, 0.25) is 0 Å². The maximum Gasteiger partial charge on any atom is 0.317 e. The topological polar surface area (TPSA) is 65.5 Å². The molecule has 0 radical (unpaired) electrons. The lowest BCUT2D eigenvalue weighted by molar-refractivity contribution is 0.162. The van der Waals surface area contributed by atoms with E-state index in [1.807, 2.05) is 44.2 Å². The van der Waals surface area contributed by atoms with Gasteiger partial charge < -0.3 is 10.6 Å². The van der Waals surface area contributed by atoms with Gasteiger partial charge in [-0.3, -0.25) is 5.43 Å². The average molecular weight is 244 g/mol. The van der Waals surface area contributed by atoms with Crippen LogP contribution in [0.25, 0.3) is 0 Å². The molecule has 5 nitrogen and oxygen atoms in total. The summed E-state index contributed by atoms with van der Waals surface area (Å²) in [5.41, 5.74) is 4.62. The fraction of sp³-hybridized carbons (Fsp3) is 0.385. The Kier molecular flexibility index (Phi) is 2.29. The second-order valence-corrected chi connectivity index (χ2v) is 5.03. The number of hydrazone groups is 1. The van der Waals surface area contributed by atoms with Gasteiger partial charge in [-0.05, 0) is 19.4 Å². The van der Waals surface area contributed by atoms with Crippen LogP contribution in [0.3, 0.4) is 0 Å². The van der Waals surface area contributed by atoms with E-state index in [-0.39, 0.29) is 18.0 Å². The van der Waals surface area contributed by atoms with E-state index in [0.717, 1.165) is 11.3 Å². The van der Waals surface area contributed by atoms with Crippen LogP contribution < -0.4 is 16.1 Å². The molecule has 2 aliphatic rings. The number of amides is 2. The van der Waals surface area contributed by atoms with E-state index < -0.39 is 5.66 Å². The van der Waals surface area contributed by atoms with Crippen LogP contribution in [0.4, 0.5) is 4.79 Å². The number of hydrogen-bond donors (Lipinski definition) is 3. The molecule has 3 N–H and O–H groups in total. The Morgan fingerprint density at radius 2 is 2.00 bits per heavy atom. The van der Waals surface area contributed by atoms with E-state index in [1.54, 1.807) is 0 Å². The SMILES string of the molecule is CC1=NNC2(C)NC(=O)NC(c3ccccc3)C12. The summed E-state index contributed by atoms with van der Waals surface area (Å²) in [5.74, 6) is 0.109. The molecule has 0 bridgehead atoms. The highest BCUT2D eigenvalue weighted by Crippen LogP contribution is 2.36. The fourth-order valence-corrected chi connectivity index (χ4v) is 2.87. The molecular formula is C13H16N4O. The molecule has 1 aromatic rings. The maximum absolute atomic E-state index is 11.8. The van der Waals surface area contributed by atoms with Crippen molar-refractivity contribution < 1.29 is 4.79 Å². The van der Waals surface area contributed by atoms with E-state index in [4.69, 9.17) is 0 Å². The van der Waals surface area contributed by atoms with Gasteiger partial charge in [-0.25, -0.2) is 4.79 Å². The van der Waals surface area contributed by atoms with Crippen LogP contribution in [0, 0.1) is 5.92 Å². The minimum absolute atomic E-state index is 0.0521. The number of nitrogens with one attached hydrogen (secondary N) is 3. The molecule has 0 spiro atoms. The molecule has 1 aromatic carbocycles. The molecule has 2 heterocycles. The predicted octanol–water partition coefficient (Wildman–Crippen LogP) is 1.35. The zero-order chi connectivity index (χ0) is 12.8. The number of benzene rings is 1. The van der Waals surface area contributed by atoms with Gasteiger partial charge in [-0.2, -0.15) is 5.10 Å². The lowest BCUT2D eigenvalue weighted by atomic mass is 9.80. The smallest absolute Gasteiger partial charge is 0.317 e. The number of nitrogens with zero attached hydrogens (tertiary/aromatic N) is 1. The zero-order valence-electron chi connectivity index (χ0n) is 10.4. The molecule has 1 fully saturated rings. The molecule has 0 aliphatic carbocycles. The second-order valence-electron chi connectivity index (χ2n) is 5.03. The maximum atomic E-state index is 11.8. The van der Waals surface area contributed by atoms with Gasteiger partial charge in [0, 0.05) is 5.71 Å². The van der Waals surface area contributed by atoms with Gasteiger partial charge in [-0.15, -0.1) is 0 Å². The van der Waals surface area contributed by atoms with Crippen molar-refractivity contribution >= 4 is 11.7 Å².